The summed E-state index contributed by atoms with van der Waals surface area (Å²) in [6.07, 6.45) is -1.59. The highest BCUT2D eigenvalue weighted by molar-refractivity contribution is 8.15. The number of halogens is 3. The number of fused-ring (bicyclic) bond motifs is 1. The predicted molar refractivity (Wildman–Crippen MR) is 133 cm³/mol. The van der Waals surface area contributed by atoms with Crippen molar-refractivity contribution in [2.75, 3.05) is 13.3 Å². The van der Waals surface area contributed by atoms with Crippen LogP contribution in [0.25, 0.3) is 0 Å². The molecule has 1 aromatic carbocycles. The number of hydrogen-bond donors (Lipinski definition) is 1. The number of amides is 1. The number of ether oxygens (including phenoxy) is 1. The van der Waals surface area contributed by atoms with E-state index < -0.39 is 60.3 Å². The van der Waals surface area contributed by atoms with Crippen LogP contribution in [0.4, 0.5) is 18.0 Å². The summed E-state index contributed by atoms with van der Waals surface area (Å²) < 4.78 is 48.7. The smallest absolute Gasteiger partial charge is 0.415 e. The minimum atomic E-state index is -1.93. The first kappa shape index (κ1) is 27.7. The number of carboxylic acid groups (broad SMARTS) is 1. The number of alkyl halides is 1. The molecule has 0 aromatic heterocycles. The third-order valence-electron chi connectivity index (χ3n) is 6.44. The van der Waals surface area contributed by atoms with Crippen LogP contribution >= 0.6 is 11.8 Å². The second kappa shape index (κ2) is 9.55. The van der Waals surface area contributed by atoms with E-state index >= 15 is 0 Å². The van der Waals surface area contributed by atoms with Gasteiger partial charge in [-0.25, -0.2) is 27.9 Å². The van der Waals surface area contributed by atoms with Gasteiger partial charge in [0.2, 0.25) is 0 Å². The van der Waals surface area contributed by atoms with Gasteiger partial charge in [-0.1, -0.05) is 64.3 Å². The van der Waals surface area contributed by atoms with E-state index in [4.69, 9.17) is 4.74 Å². The summed E-state index contributed by atoms with van der Waals surface area (Å²) in [5.74, 6) is -3.16. The highest BCUT2D eigenvalue weighted by atomic mass is 32.2. The summed E-state index contributed by atoms with van der Waals surface area (Å²) in [6.45, 7) is 11.0. The van der Waals surface area contributed by atoms with Gasteiger partial charge in [0.15, 0.2) is 16.8 Å². The number of nitrogens with zero attached hydrogens (tertiary/aromatic N) is 2. The van der Waals surface area contributed by atoms with Crippen molar-refractivity contribution < 1.29 is 32.6 Å². The largest absolute Gasteiger partial charge is 0.465 e. The van der Waals surface area contributed by atoms with Crippen LogP contribution in [0.15, 0.2) is 23.2 Å². The van der Waals surface area contributed by atoms with Crippen molar-refractivity contribution in [3.8, 4) is 0 Å². The van der Waals surface area contributed by atoms with Crippen molar-refractivity contribution in [3.05, 3.63) is 35.4 Å². The highest BCUT2D eigenvalue weighted by Gasteiger charge is 2.70. The van der Waals surface area contributed by atoms with E-state index in [1.54, 1.807) is 20.8 Å². The number of amidine groups is 1. The van der Waals surface area contributed by atoms with Crippen molar-refractivity contribution in [1.29, 1.82) is 0 Å². The lowest BCUT2D eigenvalue weighted by molar-refractivity contribution is -0.108. The Bertz CT molecular complexity index is 1030. The molecule has 1 aromatic rings. The van der Waals surface area contributed by atoms with Crippen LogP contribution in [0.1, 0.15) is 32.8 Å². The number of carbonyl (C=O) groups is 2. The zero-order chi connectivity index (χ0) is 26.4. The van der Waals surface area contributed by atoms with Gasteiger partial charge in [-0.3, -0.25) is 0 Å². The van der Waals surface area contributed by atoms with Gasteiger partial charge in [-0.2, -0.15) is 0 Å². The summed E-state index contributed by atoms with van der Waals surface area (Å²) in [6, 6.07) is 4.19. The van der Waals surface area contributed by atoms with Gasteiger partial charge < -0.3 is 14.6 Å². The molecule has 1 N–H and O–H groups in total. The summed E-state index contributed by atoms with van der Waals surface area (Å²) in [4.78, 5) is 30.1. The normalized spacial score (nSPS) is 27.0. The van der Waals surface area contributed by atoms with Crippen molar-refractivity contribution in [2.45, 2.75) is 69.4 Å². The maximum Gasteiger partial charge on any atom is 0.415 e. The molecule has 35 heavy (non-hydrogen) atoms. The van der Waals surface area contributed by atoms with Gasteiger partial charge in [0.05, 0.1) is 4.75 Å². The van der Waals surface area contributed by atoms with Gasteiger partial charge >= 0.3 is 6.09 Å². The van der Waals surface area contributed by atoms with E-state index in [1.165, 1.54) is 12.1 Å². The average Bonchev–Trinajstić information content (AvgIpc) is 3.48. The molecule has 0 bridgehead atoms. The Morgan fingerprint density at radius 3 is 2.54 bits per heavy atom. The fraction of sp³-hybridized carbons (Fsp3) is 0.625. The maximum atomic E-state index is 14.9. The van der Waals surface area contributed by atoms with E-state index in [2.05, 4.69) is 24.6 Å². The van der Waals surface area contributed by atoms with Gasteiger partial charge in [0.25, 0.3) is 0 Å². The van der Waals surface area contributed by atoms with Crippen LogP contribution in [0.5, 0.6) is 0 Å². The zero-order valence-electron chi connectivity index (χ0n) is 20.9. The van der Waals surface area contributed by atoms with Crippen LogP contribution in [0.2, 0.25) is 25.7 Å². The molecular formula is C24H33F3N2O4SSi. The second-order valence-corrected chi connectivity index (χ2v) is 18.5. The molecule has 1 heterocycles. The lowest BCUT2D eigenvalue weighted by atomic mass is 9.85. The Balaban J connectivity index is 2.14. The molecule has 1 fully saturated rings. The molecule has 0 spiro atoms. The fourth-order valence-corrected chi connectivity index (χ4v) is 6.58. The van der Waals surface area contributed by atoms with E-state index in [0.717, 1.165) is 28.8 Å². The van der Waals surface area contributed by atoms with Gasteiger partial charge in [-0.15, -0.1) is 0 Å². The van der Waals surface area contributed by atoms with E-state index in [9.17, 15) is 27.9 Å². The lowest BCUT2D eigenvalue weighted by Gasteiger charge is -2.42. The van der Waals surface area contributed by atoms with E-state index in [1.807, 2.05) is 0 Å². The Kier molecular flexibility index (Phi) is 7.57. The summed E-state index contributed by atoms with van der Waals surface area (Å²) in [7, 11) is -1.49. The Morgan fingerprint density at radius 2 is 2.03 bits per heavy atom. The minimum Gasteiger partial charge on any atom is -0.465 e. The highest BCUT2D eigenvalue weighted by Crippen LogP contribution is 2.66. The molecule has 1 amide bonds. The van der Waals surface area contributed by atoms with E-state index in [-0.39, 0.29) is 17.2 Å². The number of rotatable bonds is 8. The first-order valence-electron chi connectivity index (χ1n) is 11.5. The van der Waals surface area contributed by atoms with Crippen LogP contribution in [0, 0.1) is 23.0 Å². The van der Waals surface area contributed by atoms with E-state index in [0.29, 0.717) is 12.9 Å². The first-order valence-corrected chi connectivity index (χ1v) is 16.0. The Hall–Kier alpha value is -1.85. The van der Waals surface area contributed by atoms with Gasteiger partial charge in [0.1, 0.15) is 24.7 Å². The minimum absolute atomic E-state index is 0.160. The van der Waals surface area contributed by atoms with Crippen molar-refractivity contribution in [3.63, 3.8) is 0 Å². The second-order valence-electron chi connectivity index (χ2n) is 11.5. The molecule has 1 aliphatic heterocycles. The molecule has 6 nitrogen and oxygen atoms in total. The third-order valence-corrected chi connectivity index (χ3v) is 9.54. The van der Waals surface area contributed by atoms with Crippen molar-refractivity contribution in [2.24, 2.45) is 16.3 Å². The molecular weight excluding hydrogens is 497 g/mol. The standard InChI is InChI=1S/C24H33F3N2O4SSi/c1-22(2,3)19(33-10-11-35(4,5)6)29(21(31)32)20-28-24(13-25,17-12-23(17,14-30)34-20)15-8-7-9-16(26)18(15)27/h7-9,14,17,19H,10-13H2,1-6H3,(H,31,32)/t17-,19?,23-,24-/m1/s1. The molecule has 2 aliphatic rings. The fourth-order valence-electron chi connectivity index (χ4n) is 4.40. The molecule has 194 valence electrons. The zero-order valence-corrected chi connectivity index (χ0v) is 22.7. The maximum absolute atomic E-state index is 14.9. The Morgan fingerprint density at radius 1 is 1.37 bits per heavy atom. The Labute approximate surface area is 209 Å². The molecule has 0 radical (unpaired) electrons. The van der Waals surface area contributed by atoms with Crippen LogP contribution in [0.3, 0.4) is 0 Å². The van der Waals surface area contributed by atoms with Crippen LogP contribution in [-0.4, -0.2) is 59.9 Å². The first-order chi connectivity index (χ1) is 16.1. The van der Waals surface area contributed by atoms with Gasteiger partial charge in [0, 0.05) is 31.6 Å². The molecule has 1 saturated carbocycles. The lowest BCUT2D eigenvalue weighted by Crippen LogP contribution is -2.54. The summed E-state index contributed by atoms with van der Waals surface area (Å²) in [5.41, 5.74) is -2.97. The topological polar surface area (TPSA) is 79.2 Å². The molecule has 11 heteroatoms. The van der Waals surface area contributed by atoms with Gasteiger partial charge in [-0.05, 0) is 18.5 Å². The number of hydrogen-bond acceptors (Lipinski definition) is 5. The number of carbonyl (C=O) groups excluding carboxylic acids is 1. The molecule has 0 saturated heterocycles. The van der Waals surface area contributed by atoms with Crippen molar-refractivity contribution in [1.82, 2.24) is 4.90 Å². The summed E-state index contributed by atoms with van der Waals surface area (Å²) >= 11 is 0.923. The number of thioether (sulfide) groups is 1. The predicted octanol–water partition coefficient (Wildman–Crippen LogP) is 5.90. The monoisotopic (exact) mass is 530 g/mol. The number of aliphatic imine (C=N–C) groups is 1. The van der Waals surface area contributed by atoms with Crippen molar-refractivity contribution >= 4 is 37.4 Å². The number of aldehydes is 1. The average molecular weight is 531 g/mol. The molecule has 1 aliphatic carbocycles. The van der Waals surface area contributed by atoms with Crippen LogP contribution in [-0.2, 0) is 15.1 Å². The third kappa shape index (κ3) is 5.31. The molecule has 1 unspecified atom stereocenters. The summed E-state index contributed by atoms with van der Waals surface area (Å²) in [5, 5.41) is 10.1. The quantitative estimate of drug-likeness (QED) is 0.257. The number of benzene rings is 1. The van der Waals surface area contributed by atoms with Crippen LogP contribution < -0.4 is 0 Å². The molecule has 3 rings (SSSR count). The SMILES string of the molecule is CC(C)(C)C(OCC[Si](C)(C)C)N(C(=O)O)C1=N[C@](CF)(c2cccc(F)c2F)[C@@H]2C[C@]2(C=O)S1. The molecule has 4 atom stereocenters.